The van der Waals surface area contributed by atoms with Crippen LogP contribution in [0.1, 0.15) is 20.7 Å². The number of carbonyl (C=O) groups is 2. The first-order chi connectivity index (χ1) is 6.95. The summed E-state index contributed by atoms with van der Waals surface area (Å²) in [5, 5.41) is 18.0. The lowest BCUT2D eigenvalue weighted by Gasteiger charge is -2.01. The van der Waals surface area contributed by atoms with Crippen LogP contribution in [0.15, 0.2) is 18.2 Å². The van der Waals surface area contributed by atoms with Gasteiger partial charge in [0.25, 0.3) is 10.9 Å². The summed E-state index contributed by atoms with van der Waals surface area (Å²) in [6.45, 7) is 0. The number of carbonyl (C=O) groups excluding carboxylic acids is 1. The van der Waals surface area contributed by atoms with E-state index in [1.165, 1.54) is 6.07 Å². The zero-order chi connectivity index (χ0) is 11.6. The van der Waals surface area contributed by atoms with E-state index in [-0.39, 0.29) is 0 Å². The van der Waals surface area contributed by atoms with Crippen LogP contribution in [0.3, 0.4) is 0 Å². The first-order valence-electron chi connectivity index (χ1n) is 3.65. The second-order valence-electron chi connectivity index (χ2n) is 2.54. The summed E-state index contributed by atoms with van der Waals surface area (Å²) in [5.41, 5.74) is -1.70. The number of carboxylic acid groups (broad SMARTS) is 1. The third-order valence-corrected chi connectivity index (χ3v) is 1.86. The third-order valence-electron chi connectivity index (χ3n) is 1.67. The largest absolute Gasteiger partial charge is 0.478 e. The maximum Gasteiger partial charge on any atom is 0.336 e. The molecule has 0 spiro atoms. The Balaban J connectivity index is 3.56. The highest BCUT2D eigenvalue weighted by molar-refractivity contribution is 6.68. The van der Waals surface area contributed by atoms with Crippen molar-refractivity contribution in [2.75, 3.05) is 0 Å². The van der Waals surface area contributed by atoms with E-state index in [0.717, 1.165) is 12.1 Å². The average Bonchev–Trinajstić information content (AvgIpc) is 2.16. The number of nitro benzene ring substituents is 1. The number of benzene rings is 1. The molecule has 1 N–H and O–H groups in total. The van der Waals surface area contributed by atoms with Gasteiger partial charge in [0, 0.05) is 6.07 Å². The van der Waals surface area contributed by atoms with Crippen LogP contribution < -0.4 is 0 Å². The van der Waals surface area contributed by atoms with E-state index in [0.29, 0.717) is 0 Å². The molecule has 0 amide bonds. The molecular weight excluding hydrogens is 226 g/mol. The van der Waals surface area contributed by atoms with E-state index < -0.39 is 32.9 Å². The highest BCUT2D eigenvalue weighted by atomic mass is 35.5. The smallest absolute Gasteiger partial charge is 0.336 e. The fourth-order valence-electron chi connectivity index (χ4n) is 1.08. The van der Waals surface area contributed by atoms with Gasteiger partial charge >= 0.3 is 5.97 Å². The van der Waals surface area contributed by atoms with Crippen molar-refractivity contribution in [1.82, 2.24) is 0 Å². The maximum atomic E-state index is 10.9. The summed E-state index contributed by atoms with van der Waals surface area (Å²) in [6.07, 6.45) is 0. The van der Waals surface area contributed by atoms with Crippen molar-refractivity contribution < 1.29 is 19.6 Å². The van der Waals surface area contributed by atoms with Gasteiger partial charge in [-0.2, -0.15) is 0 Å². The second kappa shape index (κ2) is 4.05. The van der Waals surface area contributed by atoms with Crippen LogP contribution in [0, 0.1) is 10.1 Å². The number of aromatic carboxylic acids is 1. The lowest BCUT2D eigenvalue weighted by molar-refractivity contribution is -0.385. The first-order valence-corrected chi connectivity index (χ1v) is 4.03. The molecule has 0 aliphatic rings. The Morgan fingerprint density at radius 3 is 2.40 bits per heavy atom. The molecule has 78 valence electrons. The molecule has 1 aromatic carbocycles. The number of hydrogen-bond acceptors (Lipinski definition) is 4. The summed E-state index contributed by atoms with van der Waals surface area (Å²) < 4.78 is 0. The minimum Gasteiger partial charge on any atom is -0.478 e. The molecule has 1 rings (SSSR count). The van der Waals surface area contributed by atoms with Crippen molar-refractivity contribution in [2.24, 2.45) is 0 Å². The van der Waals surface area contributed by atoms with Crippen LogP contribution in [0.5, 0.6) is 0 Å². The molecule has 6 nitrogen and oxygen atoms in total. The molecule has 0 bridgehead atoms. The maximum absolute atomic E-state index is 10.9. The molecule has 0 aliphatic heterocycles. The average molecular weight is 230 g/mol. The zero-order valence-electron chi connectivity index (χ0n) is 7.14. The fourth-order valence-corrected chi connectivity index (χ4v) is 1.28. The van der Waals surface area contributed by atoms with Gasteiger partial charge < -0.3 is 5.11 Å². The summed E-state index contributed by atoms with van der Waals surface area (Å²) in [7, 11) is 0. The highest BCUT2D eigenvalue weighted by Gasteiger charge is 2.25. The summed E-state index contributed by atoms with van der Waals surface area (Å²) in [6, 6.07) is 3.26. The Morgan fingerprint density at radius 1 is 1.40 bits per heavy atom. The molecule has 1 aromatic rings. The SMILES string of the molecule is O=C(O)c1cccc([N+](=O)[O-])c1C(=O)Cl. The quantitative estimate of drug-likeness (QED) is 0.483. The fraction of sp³-hybridized carbons (Fsp3) is 0. The standard InChI is InChI=1S/C8H4ClNO5/c9-7(11)6-4(8(12)13)2-1-3-5(6)10(14)15/h1-3H,(H,12,13). The van der Waals surface area contributed by atoms with Gasteiger partial charge in [-0.15, -0.1) is 0 Å². The van der Waals surface area contributed by atoms with Gasteiger partial charge in [-0.1, -0.05) is 6.07 Å². The molecule has 7 heteroatoms. The minimum absolute atomic E-state index is 0.482. The number of halogens is 1. The van der Waals surface area contributed by atoms with Crippen LogP contribution in [0.2, 0.25) is 0 Å². The summed E-state index contributed by atoms with van der Waals surface area (Å²) in [5.74, 6) is -1.44. The monoisotopic (exact) mass is 229 g/mol. The lowest BCUT2D eigenvalue weighted by atomic mass is 10.1. The van der Waals surface area contributed by atoms with Crippen molar-refractivity contribution in [3.05, 3.63) is 39.4 Å². The van der Waals surface area contributed by atoms with Crippen molar-refractivity contribution >= 4 is 28.5 Å². The topological polar surface area (TPSA) is 97.5 Å². The van der Waals surface area contributed by atoms with E-state index in [2.05, 4.69) is 0 Å². The number of hydrogen-bond donors (Lipinski definition) is 1. The Morgan fingerprint density at radius 2 is 2.00 bits per heavy atom. The van der Waals surface area contributed by atoms with Crippen molar-refractivity contribution in [3.8, 4) is 0 Å². The van der Waals surface area contributed by atoms with Gasteiger partial charge in [0.05, 0.1) is 10.5 Å². The lowest BCUT2D eigenvalue weighted by Crippen LogP contribution is -2.08. The van der Waals surface area contributed by atoms with E-state index in [9.17, 15) is 19.7 Å². The summed E-state index contributed by atoms with van der Waals surface area (Å²) >= 11 is 5.09. The Labute approximate surface area is 88.2 Å². The molecule has 0 radical (unpaired) electrons. The van der Waals surface area contributed by atoms with Crippen LogP contribution in [-0.2, 0) is 0 Å². The normalized spacial score (nSPS) is 9.67. The molecule has 15 heavy (non-hydrogen) atoms. The van der Waals surface area contributed by atoms with Crippen molar-refractivity contribution in [2.45, 2.75) is 0 Å². The van der Waals surface area contributed by atoms with E-state index in [4.69, 9.17) is 16.7 Å². The van der Waals surface area contributed by atoms with Crippen molar-refractivity contribution in [3.63, 3.8) is 0 Å². The Bertz CT molecular complexity index is 424. The molecule has 0 saturated carbocycles. The molecule has 0 aromatic heterocycles. The predicted octanol–water partition coefficient (Wildman–Crippen LogP) is 1.67. The van der Waals surface area contributed by atoms with Gasteiger partial charge in [-0.25, -0.2) is 4.79 Å². The molecule has 0 aliphatic carbocycles. The third kappa shape index (κ3) is 2.10. The molecule has 0 unspecified atom stereocenters. The van der Waals surface area contributed by atoms with Crippen LogP contribution in [-0.4, -0.2) is 21.2 Å². The Hall–Kier alpha value is -1.95. The molecule has 0 saturated heterocycles. The van der Waals surface area contributed by atoms with Crippen LogP contribution >= 0.6 is 11.6 Å². The summed E-state index contributed by atoms with van der Waals surface area (Å²) in [4.78, 5) is 31.2. The van der Waals surface area contributed by atoms with Crippen molar-refractivity contribution in [1.29, 1.82) is 0 Å². The van der Waals surface area contributed by atoms with E-state index >= 15 is 0 Å². The van der Waals surface area contributed by atoms with Crippen LogP contribution in [0.4, 0.5) is 5.69 Å². The van der Waals surface area contributed by atoms with Gasteiger partial charge in [-0.05, 0) is 17.7 Å². The molecular formula is C8H4ClNO5. The molecule has 0 heterocycles. The van der Waals surface area contributed by atoms with Gasteiger partial charge in [0.1, 0.15) is 5.56 Å². The number of carboxylic acids is 1. The van der Waals surface area contributed by atoms with Gasteiger partial charge in [-0.3, -0.25) is 14.9 Å². The van der Waals surface area contributed by atoms with Gasteiger partial charge in [0.2, 0.25) is 0 Å². The second-order valence-corrected chi connectivity index (χ2v) is 2.88. The van der Waals surface area contributed by atoms with Gasteiger partial charge in [0.15, 0.2) is 0 Å². The van der Waals surface area contributed by atoms with Crippen LogP contribution in [0.25, 0.3) is 0 Å². The predicted molar refractivity (Wildman–Crippen MR) is 50.2 cm³/mol. The zero-order valence-corrected chi connectivity index (χ0v) is 7.89. The Kier molecular flexibility index (Phi) is 3.01. The molecule has 0 fully saturated rings. The number of rotatable bonds is 3. The minimum atomic E-state index is -1.44. The first kappa shape index (κ1) is 11.1. The van der Waals surface area contributed by atoms with E-state index in [1.54, 1.807) is 0 Å². The van der Waals surface area contributed by atoms with E-state index in [1.807, 2.05) is 0 Å². The molecule has 0 atom stereocenters. The number of nitrogens with zero attached hydrogens (tertiary/aromatic N) is 1. The number of nitro groups is 1. The highest BCUT2D eigenvalue weighted by Crippen LogP contribution is 2.24.